The van der Waals surface area contributed by atoms with Crippen LogP contribution in [-0.2, 0) is 16.1 Å². The van der Waals surface area contributed by atoms with Gasteiger partial charge >= 0.3 is 5.97 Å². The van der Waals surface area contributed by atoms with Gasteiger partial charge in [0, 0.05) is 4.88 Å². The number of esters is 1. The van der Waals surface area contributed by atoms with Gasteiger partial charge in [0.2, 0.25) is 0 Å². The summed E-state index contributed by atoms with van der Waals surface area (Å²) in [4.78, 5) is 26.2. The normalized spacial score (nSPS) is 15.9. The third-order valence-corrected chi connectivity index (χ3v) is 5.77. The number of hydrogen-bond donors (Lipinski definition) is 0. The van der Waals surface area contributed by atoms with Crippen LogP contribution < -0.4 is 5.56 Å². The fourth-order valence-electron chi connectivity index (χ4n) is 3.65. The molecule has 0 aliphatic heterocycles. The molecule has 3 aromatic heterocycles. The Morgan fingerprint density at radius 2 is 2.00 bits per heavy atom. The van der Waals surface area contributed by atoms with Crippen LogP contribution in [0, 0.1) is 13.8 Å². The number of nitrogens with zero attached hydrogens (tertiary/aromatic N) is 3. The molecule has 1 aliphatic carbocycles. The molecule has 6 nitrogen and oxygen atoms in total. The van der Waals surface area contributed by atoms with Crippen LogP contribution in [-0.4, -0.2) is 26.3 Å². The molecule has 0 saturated heterocycles. The second-order valence-corrected chi connectivity index (χ2v) is 8.02. The van der Waals surface area contributed by atoms with Gasteiger partial charge < -0.3 is 4.74 Å². The summed E-state index contributed by atoms with van der Waals surface area (Å²) in [6, 6.07) is 3.94. The van der Waals surface area contributed by atoms with E-state index in [2.05, 4.69) is 11.2 Å². The molecule has 1 fully saturated rings. The molecule has 7 heteroatoms. The van der Waals surface area contributed by atoms with E-state index in [1.165, 1.54) is 16.0 Å². The number of aromatic nitrogens is 3. The Morgan fingerprint density at radius 1 is 1.24 bits per heavy atom. The van der Waals surface area contributed by atoms with Crippen LogP contribution >= 0.6 is 11.3 Å². The van der Waals surface area contributed by atoms with Gasteiger partial charge in [0.15, 0.2) is 0 Å². The summed E-state index contributed by atoms with van der Waals surface area (Å²) in [6.45, 7) is 3.76. The van der Waals surface area contributed by atoms with Crippen molar-refractivity contribution in [1.29, 1.82) is 0 Å². The molecule has 3 heterocycles. The molecule has 0 unspecified atom stereocenters. The van der Waals surface area contributed by atoms with Crippen LogP contribution in [0.2, 0.25) is 0 Å². The maximum atomic E-state index is 12.7. The molecule has 0 spiro atoms. The highest BCUT2D eigenvalue weighted by Crippen LogP contribution is 2.28. The summed E-state index contributed by atoms with van der Waals surface area (Å²) in [5, 5.41) is 4.34. The third kappa shape index (κ3) is 2.97. The molecule has 0 atom stereocenters. The van der Waals surface area contributed by atoms with E-state index < -0.39 is 0 Å². The Labute approximate surface area is 149 Å². The Hall–Kier alpha value is -2.15. The Bertz CT molecular complexity index is 1010. The van der Waals surface area contributed by atoms with Gasteiger partial charge in [0.1, 0.15) is 24.0 Å². The number of fused-ring (bicyclic) bond motifs is 3. The molecular weight excluding hydrogens is 338 g/mol. The van der Waals surface area contributed by atoms with E-state index in [9.17, 15) is 9.59 Å². The quantitative estimate of drug-likeness (QED) is 0.674. The Kier molecular flexibility index (Phi) is 4.11. The van der Waals surface area contributed by atoms with E-state index in [0.29, 0.717) is 11.3 Å². The SMILES string of the molecule is Cc1cc2c(cc3c(=O)n(CC(=O)OC4CCCCC4)nc(C)n32)s1. The highest BCUT2D eigenvalue weighted by Gasteiger charge is 2.20. The number of aryl methyl sites for hydroxylation is 2. The van der Waals surface area contributed by atoms with Gasteiger partial charge in [-0.15, -0.1) is 11.3 Å². The second-order valence-electron chi connectivity index (χ2n) is 6.73. The third-order valence-electron chi connectivity index (χ3n) is 4.78. The van der Waals surface area contributed by atoms with Crippen LogP contribution in [0.4, 0.5) is 0 Å². The van der Waals surface area contributed by atoms with Crippen molar-refractivity contribution in [2.24, 2.45) is 0 Å². The molecule has 0 radical (unpaired) electrons. The van der Waals surface area contributed by atoms with E-state index in [-0.39, 0.29) is 24.2 Å². The van der Waals surface area contributed by atoms with Gasteiger partial charge in [0.05, 0.1) is 10.2 Å². The second kappa shape index (κ2) is 6.29. The molecule has 25 heavy (non-hydrogen) atoms. The zero-order valence-electron chi connectivity index (χ0n) is 14.4. The van der Waals surface area contributed by atoms with E-state index in [4.69, 9.17) is 4.74 Å². The molecular formula is C18H21N3O3S. The van der Waals surface area contributed by atoms with Gasteiger partial charge in [-0.05, 0) is 51.7 Å². The van der Waals surface area contributed by atoms with Crippen molar-refractivity contribution in [1.82, 2.24) is 14.2 Å². The van der Waals surface area contributed by atoms with Crippen LogP contribution in [0.5, 0.6) is 0 Å². The van der Waals surface area contributed by atoms with Gasteiger partial charge in [0.25, 0.3) is 5.56 Å². The first-order valence-corrected chi connectivity index (χ1v) is 9.53. The zero-order chi connectivity index (χ0) is 17.6. The standard InChI is InChI=1S/C18H21N3O3S/c1-11-8-14-16(25-11)9-15-18(23)20(19-12(2)21(14)15)10-17(22)24-13-6-4-3-5-7-13/h8-9,13H,3-7,10H2,1-2H3. The summed E-state index contributed by atoms with van der Waals surface area (Å²) in [6.07, 6.45) is 5.23. The van der Waals surface area contributed by atoms with Crippen molar-refractivity contribution < 1.29 is 9.53 Å². The monoisotopic (exact) mass is 359 g/mol. The summed E-state index contributed by atoms with van der Waals surface area (Å²) in [5.41, 5.74) is 1.29. The number of hydrogen-bond acceptors (Lipinski definition) is 5. The van der Waals surface area contributed by atoms with Gasteiger partial charge in [-0.25, -0.2) is 4.68 Å². The van der Waals surface area contributed by atoms with Crippen molar-refractivity contribution in [3.63, 3.8) is 0 Å². The van der Waals surface area contributed by atoms with Crippen LogP contribution in [0.15, 0.2) is 16.9 Å². The average Bonchev–Trinajstić information content (AvgIpc) is 3.09. The molecule has 0 aromatic carbocycles. The fraction of sp³-hybridized carbons (Fsp3) is 0.500. The largest absolute Gasteiger partial charge is 0.461 e. The van der Waals surface area contributed by atoms with Crippen molar-refractivity contribution >= 4 is 33.0 Å². The van der Waals surface area contributed by atoms with Crippen LogP contribution in [0.3, 0.4) is 0 Å². The lowest BCUT2D eigenvalue weighted by molar-refractivity contribution is -0.151. The van der Waals surface area contributed by atoms with Crippen molar-refractivity contribution in [2.45, 2.75) is 58.6 Å². The number of carbonyl (C=O) groups excluding carboxylic acids is 1. The van der Waals surface area contributed by atoms with Crippen LogP contribution in [0.1, 0.15) is 42.8 Å². The van der Waals surface area contributed by atoms with Crippen molar-refractivity contribution in [3.05, 3.63) is 33.2 Å². The molecule has 132 valence electrons. The van der Waals surface area contributed by atoms with Crippen molar-refractivity contribution in [3.8, 4) is 0 Å². The fourth-order valence-corrected chi connectivity index (χ4v) is 4.60. The predicted octanol–water partition coefficient (Wildman–Crippen LogP) is 3.20. The molecule has 0 bridgehead atoms. The van der Waals surface area contributed by atoms with E-state index in [0.717, 1.165) is 35.9 Å². The zero-order valence-corrected chi connectivity index (χ0v) is 15.3. The van der Waals surface area contributed by atoms with Crippen LogP contribution in [0.25, 0.3) is 15.7 Å². The minimum absolute atomic E-state index is 0.0107. The highest BCUT2D eigenvalue weighted by atomic mass is 32.1. The topological polar surface area (TPSA) is 65.6 Å². The number of carbonyl (C=O) groups is 1. The van der Waals surface area contributed by atoms with E-state index in [1.54, 1.807) is 11.3 Å². The molecule has 0 N–H and O–H groups in total. The lowest BCUT2D eigenvalue weighted by Crippen LogP contribution is -2.32. The van der Waals surface area contributed by atoms with E-state index >= 15 is 0 Å². The first-order chi connectivity index (χ1) is 12.0. The minimum Gasteiger partial charge on any atom is -0.461 e. The molecule has 3 aromatic rings. The summed E-state index contributed by atoms with van der Waals surface area (Å²) < 4.78 is 9.67. The van der Waals surface area contributed by atoms with Gasteiger partial charge in [-0.1, -0.05) is 6.42 Å². The lowest BCUT2D eigenvalue weighted by atomic mass is 9.98. The maximum absolute atomic E-state index is 12.7. The predicted molar refractivity (Wildman–Crippen MR) is 97.3 cm³/mol. The van der Waals surface area contributed by atoms with Gasteiger partial charge in [-0.3, -0.25) is 14.0 Å². The van der Waals surface area contributed by atoms with Gasteiger partial charge in [-0.2, -0.15) is 5.10 Å². The molecule has 1 aliphatic rings. The van der Waals surface area contributed by atoms with Crippen molar-refractivity contribution in [2.75, 3.05) is 0 Å². The number of rotatable bonds is 3. The first-order valence-electron chi connectivity index (χ1n) is 8.72. The average molecular weight is 359 g/mol. The summed E-state index contributed by atoms with van der Waals surface area (Å²) in [5.74, 6) is 0.308. The Morgan fingerprint density at radius 3 is 2.76 bits per heavy atom. The lowest BCUT2D eigenvalue weighted by Gasteiger charge is -2.21. The molecule has 1 saturated carbocycles. The highest BCUT2D eigenvalue weighted by molar-refractivity contribution is 7.19. The summed E-state index contributed by atoms with van der Waals surface area (Å²) in [7, 11) is 0. The number of thiophene rings is 1. The smallest absolute Gasteiger partial charge is 0.328 e. The van der Waals surface area contributed by atoms with E-state index in [1.807, 2.05) is 24.3 Å². The molecule has 4 rings (SSSR count). The molecule has 0 amide bonds. The summed E-state index contributed by atoms with van der Waals surface area (Å²) >= 11 is 1.65. The minimum atomic E-state index is -0.380. The number of ether oxygens (including phenoxy) is 1. The first kappa shape index (κ1) is 16.3. The Balaban J connectivity index is 1.64. The maximum Gasteiger partial charge on any atom is 0.328 e.